The van der Waals surface area contributed by atoms with Crippen LogP contribution in [0.2, 0.25) is 0 Å². The maximum atomic E-state index is 12.7. The van der Waals surface area contributed by atoms with Crippen LogP contribution in [0.3, 0.4) is 0 Å². The molecule has 2 rings (SSSR count). The molecule has 0 heterocycles. The number of nitrogens with one attached hydrogen (secondary N) is 1. The molecular formula is C18H23NO5S2. The third kappa shape index (κ3) is 5.30. The molecule has 1 N–H and O–H groups in total. The third-order valence-electron chi connectivity index (χ3n) is 3.90. The van der Waals surface area contributed by atoms with Crippen LogP contribution in [0.1, 0.15) is 12.5 Å². The monoisotopic (exact) mass is 397 g/mol. The first-order chi connectivity index (χ1) is 12.1. The second-order valence-corrected chi connectivity index (χ2v) is 9.98. The maximum absolute atomic E-state index is 12.7. The fourth-order valence-corrected chi connectivity index (χ4v) is 4.60. The third-order valence-corrected chi connectivity index (χ3v) is 6.46. The van der Waals surface area contributed by atoms with E-state index in [1.54, 1.807) is 0 Å². The average Bonchev–Trinajstić information content (AvgIpc) is 2.59. The first kappa shape index (κ1) is 20.4. The van der Waals surface area contributed by atoms with Crippen LogP contribution in [-0.2, 0) is 26.3 Å². The smallest absolute Gasteiger partial charge is 0.244 e. The summed E-state index contributed by atoms with van der Waals surface area (Å²) in [6.45, 7) is 2.17. The Morgan fingerprint density at radius 3 is 2.27 bits per heavy atom. The molecule has 8 heteroatoms. The van der Waals surface area contributed by atoms with E-state index in [0.29, 0.717) is 0 Å². The van der Waals surface area contributed by atoms with E-state index in [2.05, 4.69) is 4.72 Å². The molecule has 26 heavy (non-hydrogen) atoms. The molecule has 0 saturated heterocycles. The van der Waals surface area contributed by atoms with E-state index in [1.807, 2.05) is 37.3 Å². The van der Waals surface area contributed by atoms with Gasteiger partial charge in [-0.2, -0.15) is 0 Å². The Kier molecular flexibility index (Phi) is 6.44. The van der Waals surface area contributed by atoms with Gasteiger partial charge in [0.05, 0.1) is 12.0 Å². The molecule has 0 aliphatic carbocycles. The Labute approximate surface area is 155 Å². The summed E-state index contributed by atoms with van der Waals surface area (Å²) in [5, 5.41) is 0. The van der Waals surface area contributed by atoms with Gasteiger partial charge in [-0.05, 0) is 36.1 Å². The van der Waals surface area contributed by atoms with Gasteiger partial charge in [0, 0.05) is 12.8 Å². The quantitative estimate of drug-likeness (QED) is 0.738. The summed E-state index contributed by atoms with van der Waals surface area (Å²) in [6, 6.07) is 13.6. The minimum atomic E-state index is -3.91. The van der Waals surface area contributed by atoms with Crippen molar-refractivity contribution in [2.75, 3.05) is 19.9 Å². The lowest BCUT2D eigenvalue weighted by atomic mass is 10.0. The van der Waals surface area contributed by atoms with E-state index in [4.69, 9.17) is 4.74 Å². The van der Waals surface area contributed by atoms with Crippen LogP contribution in [0, 0.1) is 5.92 Å². The van der Waals surface area contributed by atoms with E-state index in [9.17, 15) is 16.8 Å². The zero-order valence-electron chi connectivity index (χ0n) is 15.0. The predicted molar refractivity (Wildman–Crippen MR) is 101 cm³/mol. The van der Waals surface area contributed by atoms with Gasteiger partial charge in [-0.25, -0.2) is 21.6 Å². The minimum absolute atomic E-state index is 0.0660. The van der Waals surface area contributed by atoms with Crippen molar-refractivity contribution in [3.8, 4) is 5.75 Å². The van der Waals surface area contributed by atoms with Gasteiger partial charge in [-0.1, -0.05) is 37.3 Å². The number of ether oxygens (including phenoxy) is 1. The topological polar surface area (TPSA) is 89.5 Å². The molecule has 0 saturated carbocycles. The first-order valence-corrected chi connectivity index (χ1v) is 11.4. The van der Waals surface area contributed by atoms with Crippen molar-refractivity contribution in [2.45, 2.75) is 23.1 Å². The van der Waals surface area contributed by atoms with Gasteiger partial charge in [0.25, 0.3) is 0 Å². The largest absolute Gasteiger partial charge is 0.495 e. The maximum Gasteiger partial charge on any atom is 0.244 e. The molecule has 0 aliphatic heterocycles. The molecule has 1 atom stereocenters. The average molecular weight is 398 g/mol. The van der Waals surface area contributed by atoms with Crippen molar-refractivity contribution in [1.29, 1.82) is 0 Å². The molecule has 0 radical (unpaired) electrons. The van der Waals surface area contributed by atoms with E-state index >= 15 is 0 Å². The molecule has 1 unspecified atom stereocenters. The Balaban J connectivity index is 2.19. The summed E-state index contributed by atoms with van der Waals surface area (Å²) in [7, 11) is -6.10. The fourth-order valence-electron chi connectivity index (χ4n) is 2.52. The highest BCUT2D eigenvalue weighted by Crippen LogP contribution is 2.26. The first-order valence-electron chi connectivity index (χ1n) is 8.05. The highest BCUT2D eigenvalue weighted by molar-refractivity contribution is 7.91. The molecule has 6 nitrogen and oxygen atoms in total. The van der Waals surface area contributed by atoms with Crippen LogP contribution in [0.4, 0.5) is 0 Å². The van der Waals surface area contributed by atoms with Crippen LogP contribution in [0.15, 0.2) is 58.3 Å². The second kappa shape index (κ2) is 8.20. The summed E-state index contributed by atoms with van der Waals surface area (Å²) in [5.74, 6) is 0.164. The number of methoxy groups -OCH3 is 1. The number of hydrogen-bond acceptors (Lipinski definition) is 5. The van der Waals surface area contributed by atoms with Crippen molar-refractivity contribution in [1.82, 2.24) is 4.72 Å². The zero-order chi connectivity index (χ0) is 19.4. The highest BCUT2D eigenvalue weighted by atomic mass is 32.2. The highest BCUT2D eigenvalue weighted by Gasteiger charge is 2.23. The van der Waals surface area contributed by atoms with Gasteiger partial charge < -0.3 is 4.74 Å². The normalized spacial score (nSPS) is 13.3. The number of rotatable bonds is 8. The van der Waals surface area contributed by atoms with Crippen LogP contribution < -0.4 is 9.46 Å². The number of benzene rings is 2. The summed E-state index contributed by atoms with van der Waals surface area (Å²) >= 11 is 0. The lowest BCUT2D eigenvalue weighted by molar-refractivity contribution is 0.401. The Hall–Kier alpha value is -1.90. The van der Waals surface area contributed by atoms with E-state index in [0.717, 1.165) is 24.3 Å². The van der Waals surface area contributed by atoms with Crippen molar-refractivity contribution >= 4 is 19.9 Å². The van der Waals surface area contributed by atoms with Gasteiger partial charge in [0.2, 0.25) is 10.0 Å². The molecule has 142 valence electrons. The standard InChI is InChI=1S/C18H23NO5S2/c1-14(11-15-7-5-4-6-8-15)13-19-26(22,23)18-12-16(25(3,20)21)9-10-17(18)24-2/h4-10,12,14,19H,11,13H2,1-3H3. The lowest BCUT2D eigenvalue weighted by Gasteiger charge is -2.15. The van der Waals surface area contributed by atoms with Crippen molar-refractivity contribution in [3.05, 3.63) is 54.1 Å². The summed E-state index contributed by atoms with van der Waals surface area (Å²) in [6.07, 6.45) is 1.75. The zero-order valence-corrected chi connectivity index (χ0v) is 16.6. The second-order valence-electron chi connectivity index (χ2n) is 6.23. The molecule has 0 aromatic heterocycles. The van der Waals surface area contributed by atoms with Gasteiger partial charge in [0.1, 0.15) is 10.6 Å². The molecule has 0 fully saturated rings. The number of sulfonamides is 1. The summed E-state index contributed by atoms with van der Waals surface area (Å²) < 4.78 is 56.4. The molecular weight excluding hydrogens is 374 g/mol. The summed E-state index contributed by atoms with van der Waals surface area (Å²) in [5.41, 5.74) is 1.12. The Morgan fingerprint density at radius 1 is 1.04 bits per heavy atom. The number of hydrogen-bond donors (Lipinski definition) is 1. The van der Waals surface area contributed by atoms with Gasteiger partial charge in [-0.3, -0.25) is 0 Å². The van der Waals surface area contributed by atoms with Gasteiger partial charge in [-0.15, -0.1) is 0 Å². The van der Waals surface area contributed by atoms with Crippen LogP contribution in [0.25, 0.3) is 0 Å². The van der Waals surface area contributed by atoms with Crippen LogP contribution in [0.5, 0.6) is 5.75 Å². The van der Waals surface area contributed by atoms with Crippen LogP contribution >= 0.6 is 0 Å². The molecule has 0 amide bonds. The van der Waals surface area contributed by atoms with Crippen molar-refractivity contribution in [3.63, 3.8) is 0 Å². The summed E-state index contributed by atoms with van der Waals surface area (Å²) in [4.78, 5) is -0.258. The molecule has 0 aliphatic rings. The predicted octanol–water partition coefficient (Wildman–Crippen LogP) is 2.26. The van der Waals surface area contributed by atoms with Gasteiger partial charge in [0.15, 0.2) is 9.84 Å². The van der Waals surface area contributed by atoms with E-state index in [-0.39, 0.29) is 28.0 Å². The molecule has 2 aromatic carbocycles. The van der Waals surface area contributed by atoms with E-state index < -0.39 is 19.9 Å². The number of sulfone groups is 1. The SMILES string of the molecule is COc1ccc(S(C)(=O)=O)cc1S(=O)(=O)NCC(C)Cc1ccccc1. The van der Waals surface area contributed by atoms with Crippen molar-refractivity contribution < 1.29 is 21.6 Å². The molecule has 0 spiro atoms. The molecule has 2 aromatic rings. The fraction of sp³-hybridized carbons (Fsp3) is 0.333. The molecule has 0 bridgehead atoms. The van der Waals surface area contributed by atoms with Crippen LogP contribution in [-0.4, -0.2) is 36.7 Å². The Morgan fingerprint density at radius 2 is 1.69 bits per heavy atom. The van der Waals surface area contributed by atoms with E-state index in [1.165, 1.54) is 19.2 Å². The van der Waals surface area contributed by atoms with Gasteiger partial charge >= 0.3 is 0 Å². The minimum Gasteiger partial charge on any atom is -0.495 e. The van der Waals surface area contributed by atoms with Crippen molar-refractivity contribution in [2.24, 2.45) is 5.92 Å². The Bertz CT molecular complexity index is 954. The lowest BCUT2D eigenvalue weighted by Crippen LogP contribution is -2.29.